The Morgan fingerprint density at radius 2 is 2.00 bits per heavy atom. The Morgan fingerprint density at radius 1 is 1.33 bits per heavy atom. The number of Topliss-reactive ketones (excluding diaryl/α,β-unsaturated/α-hetero) is 1. The summed E-state index contributed by atoms with van der Waals surface area (Å²) in [6.07, 6.45) is 5.61. The summed E-state index contributed by atoms with van der Waals surface area (Å²) in [5.41, 5.74) is 0.0903. The number of nitrogens with zero attached hydrogens (tertiary/aromatic N) is 1. The third kappa shape index (κ3) is 1.18. The van der Waals surface area contributed by atoms with Gasteiger partial charge in [0, 0.05) is 24.9 Å². The van der Waals surface area contributed by atoms with Gasteiger partial charge in [0.1, 0.15) is 5.78 Å². The predicted octanol–water partition coefficient (Wildman–Crippen LogP) is 1.45. The van der Waals surface area contributed by atoms with Crippen molar-refractivity contribution in [3.05, 3.63) is 0 Å². The summed E-state index contributed by atoms with van der Waals surface area (Å²) in [5, 5.41) is 0. The fourth-order valence-electron chi connectivity index (χ4n) is 2.73. The first kappa shape index (κ1) is 8.24. The fourth-order valence-corrected chi connectivity index (χ4v) is 2.73. The summed E-state index contributed by atoms with van der Waals surface area (Å²) < 4.78 is 0. The Bertz CT molecular complexity index is 194. The second-order valence-corrected chi connectivity index (χ2v) is 4.40. The lowest BCUT2D eigenvalue weighted by Crippen LogP contribution is -2.46. The predicted molar refractivity (Wildman–Crippen MR) is 48.0 cm³/mol. The maximum Gasteiger partial charge on any atom is 0.141 e. The van der Waals surface area contributed by atoms with Gasteiger partial charge < -0.3 is 4.90 Å². The van der Waals surface area contributed by atoms with E-state index in [1.165, 1.54) is 12.8 Å². The van der Waals surface area contributed by atoms with E-state index < -0.39 is 0 Å². The van der Waals surface area contributed by atoms with Crippen molar-refractivity contribution in [2.45, 2.75) is 32.1 Å². The SMILES string of the molecule is CN1CCC(=O)C2(CCCC2)C1. The molecule has 1 saturated heterocycles. The summed E-state index contributed by atoms with van der Waals surface area (Å²) in [7, 11) is 2.13. The quantitative estimate of drug-likeness (QED) is 0.544. The van der Waals surface area contributed by atoms with Crippen LogP contribution in [0.25, 0.3) is 0 Å². The minimum Gasteiger partial charge on any atom is -0.305 e. The summed E-state index contributed by atoms with van der Waals surface area (Å²) in [4.78, 5) is 14.0. The molecule has 2 aliphatic rings. The zero-order chi connectivity index (χ0) is 8.60. The van der Waals surface area contributed by atoms with Crippen LogP contribution in [0.3, 0.4) is 0 Å². The Hall–Kier alpha value is -0.370. The van der Waals surface area contributed by atoms with Gasteiger partial charge in [-0.05, 0) is 19.9 Å². The van der Waals surface area contributed by atoms with Crippen molar-refractivity contribution < 1.29 is 4.79 Å². The topological polar surface area (TPSA) is 20.3 Å². The highest BCUT2D eigenvalue weighted by molar-refractivity contribution is 5.86. The lowest BCUT2D eigenvalue weighted by atomic mass is 9.77. The average Bonchev–Trinajstić information content (AvgIpc) is 2.48. The van der Waals surface area contributed by atoms with Gasteiger partial charge in [0.05, 0.1) is 0 Å². The molecule has 2 nitrogen and oxygen atoms in total. The Labute approximate surface area is 73.9 Å². The Morgan fingerprint density at radius 3 is 2.67 bits per heavy atom. The van der Waals surface area contributed by atoms with Gasteiger partial charge in [0.2, 0.25) is 0 Å². The van der Waals surface area contributed by atoms with E-state index in [4.69, 9.17) is 0 Å². The van der Waals surface area contributed by atoms with E-state index in [0.717, 1.165) is 32.4 Å². The number of ketones is 1. The molecule has 1 spiro atoms. The maximum absolute atomic E-state index is 11.7. The van der Waals surface area contributed by atoms with E-state index in [1.54, 1.807) is 0 Å². The number of hydrogen-bond acceptors (Lipinski definition) is 2. The van der Waals surface area contributed by atoms with E-state index in [9.17, 15) is 4.79 Å². The van der Waals surface area contributed by atoms with Gasteiger partial charge in [0.15, 0.2) is 0 Å². The maximum atomic E-state index is 11.7. The van der Waals surface area contributed by atoms with Crippen molar-refractivity contribution in [1.29, 1.82) is 0 Å². The van der Waals surface area contributed by atoms with Crippen LogP contribution < -0.4 is 0 Å². The van der Waals surface area contributed by atoms with Crippen LogP contribution in [0.5, 0.6) is 0 Å². The molecule has 0 aromatic rings. The first-order valence-electron chi connectivity index (χ1n) is 4.95. The lowest BCUT2D eigenvalue weighted by molar-refractivity contribution is -0.132. The van der Waals surface area contributed by atoms with E-state index in [2.05, 4.69) is 11.9 Å². The van der Waals surface area contributed by atoms with Gasteiger partial charge >= 0.3 is 0 Å². The smallest absolute Gasteiger partial charge is 0.141 e. The van der Waals surface area contributed by atoms with E-state index in [0.29, 0.717) is 5.78 Å². The molecule has 0 radical (unpaired) electrons. The van der Waals surface area contributed by atoms with Crippen LogP contribution in [0, 0.1) is 5.41 Å². The van der Waals surface area contributed by atoms with Gasteiger partial charge in [-0.2, -0.15) is 0 Å². The van der Waals surface area contributed by atoms with Gasteiger partial charge in [-0.3, -0.25) is 4.79 Å². The van der Waals surface area contributed by atoms with Crippen LogP contribution in [0.4, 0.5) is 0 Å². The average molecular weight is 167 g/mol. The molecule has 1 aliphatic heterocycles. The largest absolute Gasteiger partial charge is 0.305 e. The summed E-state index contributed by atoms with van der Waals surface area (Å²) in [5.74, 6) is 0.540. The number of piperidine rings is 1. The molecular formula is C10H17NO. The van der Waals surface area contributed by atoms with Crippen LogP contribution in [-0.4, -0.2) is 30.8 Å². The van der Waals surface area contributed by atoms with Crippen LogP contribution in [0.15, 0.2) is 0 Å². The van der Waals surface area contributed by atoms with Crippen LogP contribution in [-0.2, 0) is 4.79 Å². The lowest BCUT2D eigenvalue weighted by Gasteiger charge is -2.37. The van der Waals surface area contributed by atoms with E-state index in [1.807, 2.05) is 0 Å². The number of carbonyl (C=O) groups is 1. The highest BCUT2D eigenvalue weighted by atomic mass is 16.1. The molecule has 0 unspecified atom stereocenters. The minimum absolute atomic E-state index is 0.0903. The third-order valence-electron chi connectivity index (χ3n) is 3.45. The van der Waals surface area contributed by atoms with Gasteiger partial charge in [-0.25, -0.2) is 0 Å². The molecule has 1 heterocycles. The van der Waals surface area contributed by atoms with Crippen molar-refractivity contribution >= 4 is 5.78 Å². The van der Waals surface area contributed by atoms with Gasteiger partial charge in [0.25, 0.3) is 0 Å². The normalized spacial score (nSPS) is 29.9. The molecule has 0 N–H and O–H groups in total. The zero-order valence-electron chi connectivity index (χ0n) is 7.81. The first-order chi connectivity index (χ1) is 5.73. The molecule has 1 saturated carbocycles. The molecular weight excluding hydrogens is 150 g/mol. The highest BCUT2D eigenvalue weighted by Gasteiger charge is 2.43. The summed E-state index contributed by atoms with van der Waals surface area (Å²) >= 11 is 0. The van der Waals surface area contributed by atoms with Crippen molar-refractivity contribution in [3.8, 4) is 0 Å². The van der Waals surface area contributed by atoms with Crippen molar-refractivity contribution in [3.63, 3.8) is 0 Å². The summed E-state index contributed by atoms with van der Waals surface area (Å²) in [6.45, 7) is 1.99. The molecule has 68 valence electrons. The second-order valence-electron chi connectivity index (χ2n) is 4.40. The summed E-state index contributed by atoms with van der Waals surface area (Å²) in [6, 6.07) is 0. The van der Waals surface area contributed by atoms with Gasteiger partial charge in [-0.15, -0.1) is 0 Å². The first-order valence-corrected chi connectivity index (χ1v) is 4.95. The monoisotopic (exact) mass is 167 g/mol. The molecule has 1 aliphatic carbocycles. The Balaban J connectivity index is 2.14. The highest BCUT2D eigenvalue weighted by Crippen LogP contribution is 2.42. The third-order valence-corrected chi connectivity index (χ3v) is 3.45. The van der Waals surface area contributed by atoms with Gasteiger partial charge in [-0.1, -0.05) is 12.8 Å². The van der Waals surface area contributed by atoms with Crippen LogP contribution >= 0.6 is 0 Å². The molecule has 2 fully saturated rings. The van der Waals surface area contributed by atoms with Crippen molar-refractivity contribution in [2.24, 2.45) is 5.41 Å². The molecule has 2 heteroatoms. The zero-order valence-corrected chi connectivity index (χ0v) is 7.81. The number of rotatable bonds is 0. The molecule has 12 heavy (non-hydrogen) atoms. The van der Waals surface area contributed by atoms with E-state index in [-0.39, 0.29) is 5.41 Å². The molecule has 0 aromatic heterocycles. The molecule has 0 atom stereocenters. The standard InChI is InChI=1S/C10H17NO/c1-11-7-4-9(12)10(8-11)5-2-3-6-10/h2-8H2,1H3. The molecule has 0 aromatic carbocycles. The van der Waals surface area contributed by atoms with Crippen LogP contribution in [0.2, 0.25) is 0 Å². The molecule has 0 amide bonds. The van der Waals surface area contributed by atoms with Crippen molar-refractivity contribution in [2.75, 3.05) is 20.1 Å². The number of carbonyl (C=O) groups excluding carboxylic acids is 1. The fraction of sp³-hybridized carbons (Fsp3) is 0.900. The number of hydrogen-bond donors (Lipinski definition) is 0. The molecule has 2 rings (SSSR count). The van der Waals surface area contributed by atoms with Crippen molar-refractivity contribution in [1.82, 2.24) is 4.90 Å². The Kier molecular flexibility index (Phi) is 1.95. The van der Waals surface area contributed by atoms with E-state index >= 15 is 0 Å². The second kappa shape index (κ2) is 2.84. The number of likely N-dealkylation sites (tertiary alicyclic amines) is 1. The van der Waals surface area contributed by atoms with Crippen LogP contribution in [0.1, 0.15) is 32.1 Å². The molecule has 0 bridgehead atoms. The minimum atomic E-state index is 0.0903.